The van der Waals surface area contributed by atoms with Gasteiger partial charge in [-0.1, -0.05) is 0 Å². The molecule has 1 N–H and O–H groups in total. The van der Waals surface area contributed by atoms with Gasteiger partial charge in [0.25, 0.3) is 0 Å². The molecule has 0 aromatic heterocycles. The molecule has 102 valence electrons. The van der Waals surface area contributed by atoms with Crippen molar-refractivity contribution in [3.8, 4) is 0 Å². The summed E-state index contributed by atoms with van der Waals surface area (Å²) < 4.78 is 10.3. The van der Waals surface area contributed by atoms with E-state index < -0.39 is 17.2 Å². The van der Waals surface area contributed by atoms with E-state index in [4.69, 9.17) is 9.47 Å². The van der Waals surface area contributed by atoms with Crippen molar-refractivity contribution in [1.29, 1.82) is 0 Å². The maximum Gasteiger partial charge on any atom is 0.408 e. The Morgan fingerprint density at radius 2 is 2.11 bits per heavy atom. The lowest BCUT2D eigenvalue weighted by atomic mass is 9.90. The van der Waals surface area contributed by atoms with Crippen LogP contribution < -0.4 is 5.32 Å². The molecule has 18 heavy (non-hydrogen) atoms. The van der Waals surface area contributed by atoms with Gasteiger partial charge in [0.15, 0.2) is 0 Å². The molecule has 0 fully saturated rings. The largest absolute Gasteiger partial charge is 0.501 e. The zero-order valence-electron chi connectivity index (χ0n) is 11.4. The maximum atomic E-state index is 11.7. The number of hydrogen-bond acceptors (Lipinski definition) is 4. The normalized spacial score (nSPS) is 19.0. The van der Waals surface area contributed by atoms with E-state index in [1.807, 2.05) is 0 Å². The second kappa shape index (κ2) is 5.42. The number of aldehydes is 1. The van der Waals surface area contributed by atoms with Crippen LogP contribution >= 0.6 is 0 Å². The van der Waals surface area contributed by atoms with Crippen LogP contribution in [0.1, 0.15) is 40.5 Å². The fourth-order valence-electron chi connectivity index (χ4n) is 1.65. The summed E-state index contributed by atoms with van der Waals surface area (Å²) in [5, 5.41) is 2.59. The Labute approximate surface area is 108 Å². The van der Waals surface area contributed by atoms with E-state index >= 15 is 0 Å². The smallest absolute Gasteiger partial charge is 0.408 e. The minimum Gasteiger partial charge on any atom is -0.501 e. The molecule has 0 aliphatic carbocycles. The number of alkyl carbamates (subject to hydrolysis) is 1. The number of carbonyl (C=O) groups excluding carboxylic acids is 2. The molecule has 1 aliphatic rings. The van der Waals surface area contributed by atoms with Crippen LogP contribution in [0.25, 0.3) is 0 Å². The van der Waals surface area contributed by atoms with E-state index in [0.717, 1.165) is 18.4 Å². The highest BCUT2D eigenvalue weighted by molar-refractivity contribution is 5.79. The van der Waals surface area contributed by atoms with Crippen molar-refractivity contribution in [3.63, 3.8) is 0 Å². The minimum atomic E-state index is -1.07. The summed E-state index contributed by atoms with van der Waals surface area (Å²) in [6.07, 6.45) is 3.21. The van der Waals surface area contributed by atoms with Crippen molar-refractivity contribution < 1.29 is 19.1 Å². The number of carbonyl (C=O) groups is 2. The molecule has 1 amide bonds. The quantitative estimate of drug-likeness (QED) is 0.785. The predicted molar refractivity (Wildman–Crippen MR) is 67.1 cm³/mol. The van der Waals surface area contributed by atoms with Crippen molar-refractivity contribution in [2.24, 2.45) is 0 Å². The lowest BCUT2D eigenvalue weighted by Gasteiger charge is -2.30. The van der Waals surface area contributed by atoms with E-state index in [1.54, 1.807) is 34.0 Å². The van der Waals surface area contributed by atoms with Crippen LogP contribution in [-0.4, -0.2) is 30.1 Å². The van der Waals surface area contributed by atoms with Gasteiger partial charge in [-0.3, -0.25) is 0 Å². The molecule has 1 rings (SSSR count). The average molecular weight is 255 g/mol. The van der Waals surface area contributed by atoms with Crippen LogP contribution in [0.4, 0.5) is 4.79 Å². The molecule has 1 heterocycles. The van der Waals surface area contributed by atoms with Crippen LogP contribution in [0.15, 0.2) is 11.8 Å². The summed E-state index contributed by atoms with van der Waals surface area (Å²) in [6, 6.07) is 0. The summed E-state index contributed by atoms with van der Waals surface area (Å²) in [7, 11) is 0. The SMILES string of the molecule is CC(C)(C)OC(=O)NC(C)(C=O)C1=COCCC1. The summed E-state index contributed by atoms with van der Waals surface area (Å²) in [6.45, 7) is 7.60. The third kappa shape index (κ3) is 4.05. The number of hydrogen-bond donors (Lipinski definition) is 1. The van der Waals surface area contributed by atoms with Crippen molar-refractivity contribution in [2.75, 3.05) is 6.61 Å². The fourth-order valence-corrected chi connectivity index (χ4v) is 1.65. The molecule has 0 bridgehead atoms. The minimum absolute atomic E-state index is 0.592. The Balaban J connectivity index is 2.73. The monoisotopic (exact) mass is 255 g/mol. The summed E-state index contributed by atoms with van der Waals surface area (Å²) in [4.78, 5) is 23.0. The molecule has 5 heteroatoms. The molecule has 0 saturated heterocycles. The van der Waals surface area contributed by atoms with Crippen LogP contribution in [-0.2, 0) is 14.3 Å². The van der Waals surface area contributed by atoms with Gasteiger partial charge in [-0.05, 0) is 46.1 Å². The fraction of sp³-hybridized carbons (Fsp3) is 0.692. The van der Waals surface area contributed by atoms with Crippen molar-refractivity contribution in [3.05, 3.63) is 11.8 Å². The van der Waals surface area contributed by atoms with E-state index in [2.05, 4.69) is 5.32 Å². The number of ether oxygens (including phenoxy) is 2. The summed E-state index contributed by atoms with van der Waals surface area (Å²) >= 11 is 0. The van der Waals surface area contributed by atoms with Crippen molar-refractivity contribution in [1.82, 2.24) is 5.32 Å². The molecule has 1 aliphatic heterocycles. The molecule has 5 nitrogen and oxygen atoms in total. The Hall–Kier alpha value is -1.52. The molecule has 0 radical (unpaired) electrons. The molecule has 0 aromatic carbocycles. The predicted octanol–water partition coefficient (Wildman–Crippen LogP) is 2.16. The lowest BCUT2D eigenvalue weighted by molar-refractivity contribution is -0.112. The first-order valence-electron chi connectivity index (χ1n) is 6.05. The molecule has 0 aromatic rings. The van der Waals surface area contributed by atoms with E-state index in [0.29, 0.717) is 12.9 Å². The van der Waals surface area contributed by atoms with E-state index in [1.165, 1.54) is 0 Å². The number of amides is 1. The third-order valence-electron chi connectivity index (χ3n) is 2.60. The molecular weight excluding hydrogens is 234 g/mol. The standard InChI is InChI=1S/C13H21NO4/c1-12(2,3)18-11(16)14-13(4,9-15)10-6-5-7-17-8-10/h8-9H,5-7H2,1-4H3,(H,14,16). The van der Waals surface area contributed by atoms with Crippen LogP contribution in [0.5, 0.6) is 0 Å². The van der Waals surface area contributed by atoms with Crippen molar-refractivity contribution >= 4 is 12.4 Å². The van der Waals surface area contributed by atoms with Gasteiger partial charge >= 0.3 is 6.09 Å². The molecular formula is C13H21NO4. The van der Waals surface area contributed by atoms with Gasteiger partial charge < -0.3 is 19.6 Å². The topological polar surface area (TPSA) is 64.6 Å². The Morgan fingerprint density at radius 3 is 2.56 bits per heavy atom. The van der Waals surface area contributed by atoms with Gasteiger partial charge in [0.1, 0.15) is 17.4 Å². The maximum absolute atomic E-state index is 11.7. The molecule has 0 saturated carbocycles. The average Bonchev–Trinajstić information content (AvgIpc) is 2.27. The van der Waals surface area contributed by atoms with E-state index in [-0.39, 0.29) is 0 Å². The summed E-state index contributed by atoms with van der Waals surface area (Å²) in [5.41, 5.74) is -0.900. The third-order valence-corrected chi connectivity index (χ3v) is 2.60. The van der Waals surface area contributed by atoms with Crippen molar-refractivity contribution in [2.45, 2.75) is 51.7 Å². The highest BCUT2D eigenvalue weighted by Gasteiger charge is 2.33. The summed E-state index contributed by atoms with van der Waals surface area (Å²) in [5.74, 6) is 0. The first-order chi connectivity index (χ1) is 8.27. The highest BCUT2D eigenvalue weighted by atomic mass is 16.6. The van der Waals surface area contributed by atoms with Gasteiger partial charge in [0.05, 0.1) is 12.9 Å². The van der Waals surface area contributed by atoms with E-state index in [9.17, 15) is 9.59 Å². The van der Waals surface area contributed by atoms with Gasteiger partial charge in [-0.25, -0.2) is 4.79 Å². The van der Waals surface area contributed by atoms with Gasteiger partial charge in [0, 0.05) is 0 Å². The first-order valence-corrected chi connectivity index (χ1v) is 6.05. The molecule has 1 unspecified atom stereocenters. The Bertz CT molecular complexity index is 356. The zero-order valence-corrected chi connectivity index (χ0v) is 11.4. The molecule has 1 atom stereocenters. The second-order valence-corrected chi connectivity index (χ2v) is 5.56. The van der Waals surface area contributed by atoms with Crippen LogP contribution in [0.2, 0.25) is 0 Å². The van der Waals surface area contributed by atoms with Gasteiger partial charge in [0.2, 0.25) is 0 Å². The Morgan fingerprint density at radius 1 is 1.44 bits per heavy atom. The zero-order chi connectivity index (χ0) is 13.8. The second-order valence-electron chi connectivity index (χ2n) is 5.56. The van der Waals surface area contributed by atoms with Gasteiger partial charge in [-0.15, -0.1) is 0 Å². The van der Waals surface area contributed by atoms with Gasteiger partial charge in [-0.2, -0.15) is 0 Å². The lowest BCUT2D eigenvalue weighted by Crippen LogP contribution is -2.50. The van der Waals surface area contributed by atoms with Crippen LogP contribution in [0, 0.1) is 0 Å². The number of rotatable bonds is 3. The first kappa shape index (κ1) is 14.5. The Kier molecular flexibility index (Phi) is 4.38. The highest BCUT2D eigenvalue weighted by Crippen LogP contribution is 2.23. The van der Waals surface area contributed by atoms with Crippen LogP contribution in [0.3, 0.4) is 0 Å². The number of nitrogens with one attached hydrogen (secondary N) is 1. The molecule has 0 spiro atoms.